The summed E-state index contributed by atoms with van der Waals surface area (Å²) < 4.78 is 5.63. The van der Waals surface area contributed by atoms with Crippen LogP contribution in [0.25, 0.3) is 0 Å². The molecule has 86 valence electrons. The van der Waals surface area contributed by atoms with Gasteiger partial charge < -0.3 is 15.0 Å². The summed E-state index contributed by atoms with van der Waals surface area (Å²) in [7, 11) is 2.18. The molecule has 0 radical (unpaired) electrons. The summed E-state index contributed by atoms with van der Waals surface area (Å²) >= 11 is 0. The van der Waals surface area contributed by atoms with E-state index >= 15 is 0 Å². The molecule has 3 heteroatoms. The van der Waals surface area contributed by atoms with Crippen LogP contribution < -0.4 is 15.0 Å². The van der Waals surface area contributed by atoms with Crippen molar-refractivity contribution in [2.24, 2.45) is 0 Å². The van der Waals surface area contributed by atoms with Crippen molar-refractivity contribution < 1.29 is 4.74 Å². The lowest BCUT2D eigenvalue weighted by molar-refractivity contribution is 0.288. The summed E-state index contributed by atoms with van der Waals surface area (Å²) in [5.41, 5.74) is 2.68. The Morgan fingerprint density at radius 1 is 1.38 bits per heavy atom. The van der Waals surface area contributed by atoms with E-state index in [1.165, 1.54) is 11.3 Å². The van der Waals surface area contributed by atoms with Crippen molar-refractivity contribution in [1.82, 2.24) is 5.32 Å². The number of anilines is 1. The number of likely N-dealkylation sites (N-methyl/N-ethyl adjacent to an activating group) is 1. The quantitative estimate of drug-likeness (QED) is 0.812. The minimum Gasteiger partial charge on any atom is -0.493 e. The first-order valence-electron chi connectivity index (χ1n) is 6.04. The molecular weight excluding hydrogens is 200 g/mol. The number of hydrogen-bond donors (Lipinski definition) is 1. The third-order valence-electron chi connectivity index (χ3n) is 3.61. The standard InChI is InChI=1S/C13H18N2O/c1-15(12-8-14-9-12)11-4-5-13-10(7-11)3-2-6-16-13/h4-5,7,12,14H,2-3,6,8-9H2,1H3. The molecule has 2 aliphatic rings. The number of fused-ring (bicyclic) bond motifs is 1. The monoisotopic (exact) mass is 218 g/mol. The van der Waals surface area contributed by atoms with Crippen LogP contribution >= 0.6 is 0 Å². The number of hydrogen-bond acceptors (Lipinski definition) is 3. The summed E-state index contributed by atoms with van der Waals surface area (Å²) in [5, 5.41) is 3.31. The smallest absolute Gasteiger partial charge is 0.122 e. The van der Waals surface area contributed by atoms with Crippen molar-refractivity contribution in [3.05, 3.63) is 23.8 Å². The minimum atomic E-state index is 0.655. The molecule has 0 spiro atoms. The van der Waals surface area contributed by atoms with Crippen LogP contribution in [-0.2, 0) is 6.42 Å². The Balaban J connectivity index is 1.84. The summed E-state index contributed by atoms with van der Waals surface area (Å²) in [5.74, 6) is 1.08. The highest BCUT2D eigenvalue weighted by Crippen LogP contribution is 2.29. The predicted molar refractivity (Wildman–Crippen MR) is 65.3 cm³/mol. The summed E-state index contributed by atoms with van der Waals surface area (Å²) in [6, 6.07) is 7.23. The van der Waals surface area contributed by atoms with E-state index in [9.17, 15) is 0 Å². The minimum absolute atomic E-state index is 0.655. The van der Waals surface area contributed by atoms with Gasteiger partial charge in [0.05, 0.1) is 12.6 Å². The fourth-order valence-corrected chi connectivity index (χ4v) is 2.32. The van der Waals surface area contributed by atoms with Gasteiger partial charge in [-0.25, -0.2) is 0 Å². The fourth-order valence-electron chi connectivity index (χ4n) is 2.32. The van der Waals surface area contributed by atoms with Crippen molar-refractivity contribution in [2.45, 2.75) is 18.9 Å². The van der Waals surface area contributed by atoms with Gasteiger partial charge in [0.25, 0.3) is 0 Å². The normalized spacial score (nSPS) is 19.6. The molecule has 0 unspecified atom stereocenters. The Morgan fingerprint density at radius 2 is 2.25 bits per heavy atom. The molecule has 0 bridgehead atoms. The molecule has 1 fully saturated rings. The van der Waals surface area contributed by atoms with Crippen LogP contribution in [0, 0.1) is 0 Å². The van der Waals surface area contributed by atoms with Gasteiger partial charge >= 0.3 is 0 Å². The zero-order valence-electron chi connectivity index (χ0n) is 9.70. The SMILES string of the molecule is CN(c1ccc2c(c1)CCCO2)C1CNC1. The number of benzene rings is 1. The van der Waals surface area contributed by atoms with Gasteiger partial charge in [0.1, 0.15) is 5.75 Å². The van der Waals surface area contributed by atoms with Crippen LogP contribution in [0.3, 0.4) is 0 Å². The molecule has 0 saturated carbocycles. The Bertz CT molecular complexity index is 388. The predicted octanol–water partition coefficient (Wildman–Crippen LogP) is 1.42. The van der Waals surface area contributed by atoms with Crippen LogP contribution in [0.15, 0.2) is 18.2 Å². The maximum atomic E-state index is 5.63. The molecule has 16 heavy (non-hydrogen) atoms. The average Bonchev–Trinajstić information content (AvgIpc) is 2.26. The van der Waals surface area contributed by atoms with E-state index in [2.05, 4.69) is 35.5 Å². The van der Waals surface area contributed by atoms with Crippen molar-refractivity contribution in [3.8, 4) is 5.75 Å². The second-order valence-corrected chi connectivity index (χ2v) is 4.67. The van der Waals surface area contributed by atoms with E-state index in [0.717, 1.165) is 38.3 Å². The van der Waals surface area contributed by atoms with Gasteiger partial charge in [-0.2, -0.15) is 0 Å². The molecule has 0 aliphatic carbocycles. The molecule has 3 nitrogen and oxygen atoms in total. The fraction of sp³-hybridized carbons (Fsp3) is 0.538. The summed E-state index contributed by atoms with van der Waals surface area (Å²) in [6.07, 6.45) is 2.30. The first-order valence-corrected chi connectivity index (χ1v) is 6.04. The number of nitrogens with zero attached hydrogens (tertiary/aromatic N) is 1. The van der Waals surface area contributed by atoms with Crippen molar-refractivity contribution >= 4 is 5.69 Å². The molecule has 1 N–H and O–H groups in total. The van der Waals surface area contributed by atoms with Gasteiger partial charge in [-0.05, 0) is 36.6 Å². The van der Waals surface area contributed by atoms with Crippen LogP contribution in [0.2, 0.25) is 0 Å². The van der Waals surface area contributed by atoms with Crippen molar-refractivity contribution in [3.63, 3.8) is 0 Å². The summed E-state index contributed by atoms with van der Waals surface area (Å²) in [4.78, 5) is 2.37. The first kappa shape index (κ1) is 9.97. The van der Waals surface area contributed by atoms with Gasteiger partial charge in [-0.1, -0.05) is 0 Å². The molecule has 0 atom stereocenters. The Labute approximate surface area is 96.4 Å². The molecule has 1 saturated heterocycles. The zero-order chi connectivity index (χ0) is 11.0. The maximum Gasteiger partial charge on any atom is 0.122 e. The lowest BCUT2D eigenvalue weighted by Crippen LogP contribution is -2.56. The van der Waals surface area contributed by atoms with Crippen molar-refractivity contribution in [1.29, 1.82) is 0 Å². The zero-order valence-corrected chi connectivity index (χ0v) is 9.70. The van der Waals surface area contributed by atoms with E-state index in [1.807, 2.05) is 0 Å². The second kappa shape index (κ2) is 3.98. The van der Waals surface area contributed by atoms with Gasteiger partial charge in [-0.3, -0.25) is 0 Å². The molecule has 3 rings (SSSR count). The van der Waals surface area contributed by atoms with E-state index < -0.39 is 0 Å². The number of nitrogens with one attached hydrogen (secondary N) is 1. The molecule has 2 heterocycles. The third kappa shape index (κ3) is 1.65. The highest BCUT2D eigenvalue weighted by Gasteiger charge is 2.22. The van der Waals surface area contributed by atoms with Crippen LogP contribution in [0.5, 0.6) is 5.75 Å². The first-order chi connectivity index (χ1) is 7.84. The molecule has 0 amide bonds. The van der Waals surface area contributed by atoms with Gasteiger partial charge in [-0.15, -0.1) is 0 Å². The molecular formula is C13H18N2O. The Hall–Kier alpha value is -1.22. The van der Waals surface area contributed by atoms with Crippen LogP contribution in [-0.4, -0.2) is 32.8 Å². The van der Waals surface area contributed by atoms with Gasteiger partial charge in [0.15, 0.2) is 0 Å². The summed E-state index contributed by atoms with van der Waals surface area (Å²) in [6.45, 7) is 3.07. The second-order valence-electron chi connectivity index (χ2n) is 4.67. The topological polar surface area (TPSA) is 24.5 Å². The van der Waals surface area contributed by atoms with E-state index in [0.29, 0.717) is 6.04 Å². The van der Waals surface area contributed by atoms with Crippen molar-refractivity contribution in [2.75, 3.05) is 31.6 Å². The number of aryl methyl sites for hydroxylation is 1. The van der Waals surface area contributed by atoms with E-state index in [4.69, 9.17) is 4.74 Å². The lowest BCUT2D eigenvalue weighted by Gasteiger charge is -2.37. The average molecular weight is 218 g/mol. The molecule has 0 aromatic heterocycles. The number of ether oxygens (including phenoxy) is 1. The highest BCUT2D eigenvalue weighted by atomic mass is 16.5. The highest BCUT2D eigenvalue weighted by molar-refractivity contribution is 5.54. The van der Waals surface area contributed by atoms with E-state index in [-0.39, 0.29) is 0 Å². The van der Waals surface area contributed by atoms with E-state index in [1.54, 1.807) is 0 Å². The number of rotatable bonds is 2. The largest absolute Gasteiger partial charge is 0.493 e. The van der Waals surface area contributed by atoms with Crippen LogP contribution in [0.1, 0.15) is 12.0 Å². The molecule has 1 aromatic carbocycles. The molecule has 1 aromatic rings. The van der Waals surface area contributed by atoms with Gasteiger partial charge in [0.2, 0.25) is 0 Å². The third-order valence-corrected chi connectivity index (χ3v) is 3.61. The van der Waals surface area contributed by atoms with Crippen LogP contribution in [0.4, 0.5) is 5.69 Å². The maximum absolute atomic E-state index is 5.63. The molecule has 2 aliphatic heterocycles. The Kier molecular flexibility index (Phi) is 2.48. The lowest BCUT2D eigenvalue weighted by atomic mass is 10.0. The van der Waals surface area contributed by atoms with Gasteiger partial charge in [0, 0.05) is 25.8 Å². The Morgan fingerprint density at radius 3 is 3.00 bits per heavy atom.